The molecular formula is C14H21N3OS. The zero-order valence-corrected chi connectivity index (χ0v) is 13.3. The molecule has 2 aromatic heterocycles. The van der Waals surface area contributed by atoms with Gasteiger partial charge in [0.25, 0.3) is 0 Å². The standard InChI is InChI=1S/C14H21N3OS/c1-8-13(10(3)18-16-8)7-17(6)9(2)14-11(4)19-12(5)15-14/h9H,7H2,1-6H3. The highest BCUT2D eigenvalue weighted by molar-refractivity contribution is 7.11. The molecule has 0 aliphatic carbocycles. The normalized spacial score (nSPS) is 13.2. The molecule has 0 aliphatic rings. The Morgan fingerprint density at radius 2 is 1.95 bits per heavy atom. The van der Waals surface area contributed by atoms with Gasteiger partial charge in [-0.3, -0.25) is 4.90 Å². The fourth-order valence-electron chi connectivity index (χ4n) is 2.26. The van der Waals surface area contributed by atoms with E-state index in [-0.39, 0.29) is 0 Å². The lowest BCUT2D eigenvalue weighted by atomic mass is 10.1. The maximum absolute atomic E-state index is 5.22. The molecule has 0 bridgehead atoms. The van der Waals surface area contributed by atoms with Gasteiger partial charge in [-0.2, -0.15) is 0 Å². The first-order chi connectivity index (χ1) is 8.90. The quantitative estimate of drug-likeness (QED) is 0.858. The van der Waals surface area contributed by atoms with Crippen molar-refractivity contribution >= 4 is 11.3 Å². The highest BCUT2D eigenvalue weighted by Crippen LogP contribution is 2.27. The maximum atomic E-state index is 5.22. The zero-order valence-electron chi connectivity index (χ0n) is 12.4. The fourth-order valence-corrected chi connectivity index (χ4v) is 3.16. The highest BCUT2D eigenvalue weighted by atomic mass is 32.1. The maximum Gasteiger partial charge on any atom is 0.138 e. The molecule has 0 saturated heterocycles. The third kappa shape index (κ3) is 2.87. The molecular weight excluding hydrogens is 258 g/mol. The van der Waals surface area contributed by atoms with Crippen LogP contribution in [0.1, 0.15) is 45.6 Å². The van der Waals surface area contributed by atoms with Crippen LogP contribution in [-0.4, -0.2) is 22.1 Å². The smallest absolute Gasteiger partial charge is 0.138 e. The molecule has 2 rings (SSSR count). The van der Waals surface area contributed by atoms with Gasteiger partial charge < -0.3 is 4.52 Å². The van der Waals surface area contributed by atoms with Gasteiger partial charge in [-0.05, 0) is 41.7 Å². The van der Waals surface area contributed by atoms with Crippen LogP contribution < -0.4 is 0 Å². The summed E-state index contributed by atoms with van der Waals surface area (Å²) in [4.78, 5) is 8.23. The van der Waals surface area contributed by atoms with E-state index in [0.717, 1.165) is 23.0 Å². The van der Waals surface area contributed by atoms with E-state index in [2.05, 4.69) is 42.9 Å². The molecule has 4 nitrogen and oxygen atoms in total. The predicted octanol–water partition coefficient (Wildman–Crippen LogP) is 3.56. The number of rotatable bonds is 4. The number of nitrogens with zero attached hydrogens (tertiary/aromatic N) is 3. The molecule has 0 amide bonds. The molecule has 0 aliphatic heterocycles. The third-order valence-electron chi connectivity index (χ3n) is 3.59. The largest absolute Gasteiger partial charge is 0.361 e. The summed E-state index contributed by atoms with van der Waals surface area (Å²) in [6.45, 7) is 11.2. The molecule has 1 unspecified atom stereocenters. The van der Waals surface area contributed by atoms with Gasteiger partial charge in [-0.1, -0.05) is 5.16 Å². The van der Waals surface area contributed by atoms with Crippen molar-refractivity contribution in [1.82, 2.24) is 15.0 Å². The summed E-state index contributed by atoms with van der Waals surface area (Å²) in [7, 11) is 2.12. The van der Waals surface area contributed by atoms with E-state index in [0.29, 0.717) is 6.04 Å². The van der Waals surface area contributed by atoms with E-state index in [1.165, 1.54) is 16.1 Å². The molecule has 2 aromatic rings. The van der Waals surface area contributed by atoms with Crippen molar-refractivity contribution in [1.29, 1.82) is 0 Å². The molecule has 0 N–H and O–H groups in total. The second-order valence-corrected chi connectivity index (χ2v) is 6.48. The number of hydrogen-bond acceptors (Lipinski definition) is 5. The highest BCUT2D eigenvalue weighted by Gasteiger charge is 2.20. The molecule has 1 atom stereocenters. The van der Waals surface area contributed by atoms with E-state index in [9.17, 15) is 0 Å². The Balaban J connectivity index is 2.16. The summed E-state index contributed by atoms with van der Waals surface area (Å²) in [5.41, 5.74) is 3.33. The van der Waals surface area contributed by atoms with Crippen LogP contribution in [0.25, 0.3) is 0 Å². The van der Waals surface area contributed by atoms with E-state index < -0.39 is 0 Å². The first kappa shape index (κ1) is 14.2. The minimum Gasteiger partial charge on any atom is -0.361 e. The second-order valence-electron chi connectivity index (χ2n) is 5.07. The SMILES string of the molecule is Cc1nc(C(C)N(C)Cc2c(C)noc2C)c(C)s1. The van der Waals surface area contributed by atoms with Crippen LogP contribution in [-0.2, 0) is 6.54 Å². The molecule has 19 heavy (non-hydrogen) atoms. The molecule has 0 saturated carbocycles. The summed E-state index contributed by atoms with van der Waals surface area (Å²) < 4.78 is 5.22. The fraction of sp³-hybridized carbons (Fsp3) is 0.571. The Labute approximate surface area is 118 Å². The second kappa shape index (κ2) is 5.43. The number of hydrogen-bond donors (Lipinski definition) is 0. The van der Waals surface area contributed by atoms with E-state index in [1.54, 1.807) is 11.3 Å². The molecule has 0 fully saturated rings. The van der Waals surface area contributed by atoms with Crippen molar-refractivity contribution in [3.05, 3.63) is 32.6 Å². The van der Waals surface area contributed by atoms with Crippen molar-refractivity contribution in [3.8, 4) is 0 Å². The first-order valence-electron chi connectivity index (χ1n) is 6.46. The van der Waals surface area contributed by atoms with Crippen molar-refractivity contribution in [2.75, 3.05) is 7.05 Å². The summed E-state index contributed by atoms with van der Waals surface area (Å²) in [6, 6.07) is 0.290. The number of thiazole rings is 1. The lowest BCUT2D eigenvalue weighted by Gasteiger charge is -2.23. The van der Waals surface area contributed by atoms with Gasteiger partial charge in [0, 0.05) is 17.0 Å². The summed E-state index contributed by atoms with van der Waals surface area (Å²) >= 11 is 1.76. The topological polar surface area (TPSA) is 42.2 Å². The van der Waals surface area contributed by atoms with E-state index in [1.807, 2.05) is 13.8 Å². The minimum atomic E-state index is 0.290. The van der Waals surface area contributed by atoms with Crippen LogP contribution >= 0.6 is 11.3 Å². The average molecular weight is 279 g/mol. The lowest BCUT2D eigenvalue weighted by molar-refractivity contribution is 0.246. The van der Waals surface area contributed by atoms with Gasteiger partial charge in [0.15, 0.2) is 0 Å². The Kier molecular flexibility index (Phi) is 4.06. The van der Waals surface area contributed by atoms with E-state index in [4.69, 9.17) is 4.52 Å². The first-order valence-corrected chi connectivity index (χ1v) is 7.27. The van der Waals surface area contributed by atoms with Crippen molar-refractivity contribution < 1.29 is 4.52 Å². The Bertz CT molecular complexity index is 554. The lowest BCUT2D eigenvalue weighted by Crippen LogP contribution is -2.23. The molecule has 2 heterocycles. The van der Waals surface area contributed by atoms with Gasteiger partial charge in [-0.15, -0.1) is 11.3 Å². The average Bonchev–Trinajstić information content (AvgIpc) is 2.84. The van der Waals surface area contributed by atoms with Gasteiger partial charge in [-0.25, -0.2) is 4.98 Å². The predicted molar refractivity (Wildman–Crippen MR) is 77.4 cm³/mol. The molecule has 104 valence electrons. The van der Waals surface area contributed by atoms with Crippen LogP contribution in [0.2, 0.25) is 0 Å². The number of aromatic nitrogens is 2. The monoisotopic (exact) mass is 279 g/mol. The zero-order chi connectivity index (χ0) is 14.2. The molecule has 0 aromatic carbocycles. The number of aryl methyl sites for hydroxylation is 4. The van der Waals surface area contributed by atoms with Crippen LogP contribution in [0.3, 0.4) is 0 Å². The Morgan fingerprint density at radius 1 is 1.26 bits per heavy atom. The van der Waals surface area contributed by atoms with Crippen LogP contribution in [0.15, 0.2) is 4.52 Å². The summed E-state index contributed by atoms with van der Waals surface area (Å²) in [6.07, 6.45) is 0. The van der Waals surface area contributed by atoms with E-state index >= 15 is 0 Å². The minimum absolute atomic E-state index is 0.290. The van der Waals surface area contributed by atoms with Gasteiger partial charge in [0.05, 0.1) is 22.4 Å². The van der Waals surface area contributed by atoms with Gasteiger partial charge in [0.2, 0.25) is 0 Å². The summed E-state index contributed by atoms with van der Waals surface area (Å²) in [5, 5.41) is 5.14. The van der Waals surface area contributed by atoms with Crippen molar-refractivity contribution in [2.24, 2.45) is 0 Å². The van der Waals surface area contributed by atoms with Crippen molar-refractivity contribution in [2.45, 2.75) is 47.2 Å². The Hall–Kier alpha value is -1.20. The molecule has 0 radical (unpaired) electrons. The molecule has 0 spiro atoms. The van der Waals surface area contributed by atoms with Crippen LogP contribution in [0.4, 0.5) is 0 Å². The summed E-state index contributed by atoms with van der Waals surface area (Å²) in [5.74, 6) is 0.905. The van der Waals surface area contributed by atoms with Crippen molar-refractivity contribution in [3.63, 3.8) is 0 Å². The molecule has 5 heteroatoms. The van der Waals surface area contributed by atoms with Crippen LogP contribution in [0.5, 0.6) is 0 Å². The third-order valence-corrected chi connectivity index (χ3v) is 4.49. The van der Waals surface area contributed by atoms with Gasteiger partial charge in [0.1, 0.15) is 5.76 Å². The van der Waals surface area contributed by atoms with Crippen LogP contribution in [0, 0.1) is 27.7 Å². The van der Waals surface area contributed by atoms with Gasteiger partial charge >= 0.3 is 0 Å². The Morgan fingerprint density at radius 3 is 2.42 bits per heavy atom.